The largest absolute Gasteiger partial charge is 0.354 e. The van der Waals surface area contributed by atoms with Crippen molar-refractivity contribution in [2.24, 2.45) is 0 Å². The number of imide groups is 1. The van der Waals surface area contributed by atoms with E-state index in [1.807, 2.05) is 42.5 Å². The highest BCUT2D eigenvalue weighted by Crippen LogP contribution is 2.31. The molecule has 1 N–H and O–H groups in total. The van der Waals surface area contributed by atoms with Crippen LogP contribution in [0.2, 0.25) is 0 Å². The van der Waals surface area contributed by atoms with Gasteiger partial charge in [0.05, 0.1) is 10.7 Å². The molecular weight excluding hydrogens is 430 g/mol. The molecule has 0 unspecified atom stereocenters. The molecule has 3 amide bonds. The molecule has 31 heavy (non-hydrogen) atoms. The van der Waals surface area contributed by atoms with Gasteiger partial charge in [-0.1, -0.05) is 36.4 Å². The highest BCUT2D eigenvalue weighted by molar-refractivity contribution is 8.18. The second-order valence-corrected chi connectivity index (χ2v) is 8.81. The molecule has 1 aliphatic rings. The van der Waals surface area contributed by atoms with Crippen LogP contribution in [-0.2, 0) is 9.59 Å². The summed E-state index contributed by atoms with van der Waals surface area (Å²) in [4.78, 5) is 43.4. The van der Waals surface area contributed by atoms with Crippen LogP contribution in [-0.4, -0.2) is 45.8 Å². The van der Waals surface area contributed by atoms with E-state index >= 15 is 0 Å². The number of thioether (sulfide) groups is 2. The number of fused-ring (bicyclic) bond motifs is 1. The van der Waals surface area contributed by atoms with Gasteiger partial charge in [0.2, 0.25) is 5.91 Å². The summed E-state index contributed by atoms with van der Waals surface area (Å²) < 4.78 is 0. The third kappa shape index (κ3) is 5.34. The Bertz CT molecular complexity index is 1160. The van der Waals surface area contributed by atoms with Gasteiger partial charge in [0.1, 0.15) is 0 Å². The van der Waals surface area contributed by atoms with Crippen molar-refractivity contribution in [1.82, 2.24) is 15.2 Å². The van der Waals surface area contributed by atoms with Crippen LogP contribution in [0, 0.1) is 0 Å². The lowest BCUT2D eigenvalue weighted by Crippen LogP contribution is -2.37. The van der Waals surface area contributed by atoms with Crippen LogP contribution >= 0.6 is 23.5 Å². The van der Waals surface area contributed by atoms with Gasteiger partial charge >= 0.3 is 0 Å². The minimum Gasteiger partial charge on any atom is -0.354 e. The van der Waals surface area contributed by atoms with Gasteiger partial charge in [0.15, 0.2) is 0 Å². The number of rotatable bonds is 7. The molecule has 2 aromatic carbocycles. The average molecular weight is 450 g/mol. The maximum atomic E-state index is 12.5. The Morgan fingerprint density at radius 3 is 2.74 bits per heavy atom. The Hall–Kier alpha value is -3.10. The van der Waals surface area contributed by atoms with Crippen LogP contribution in [0.5, 0.6) is 0 Å². The number of benzene rings is 2. The summed E-state index contributed by atoms with van der Waals surface area (Å²) in [5.74, 6) is -0.226. The predicted octanol–water partition coefficient (Wildman–Crippen LogP) is 4.18. The van der Waals surface area contributed by atoms with E-state index in [-0.39, 0.29) is 35.9 Å². The van der Waals surface area contributed by atoms with Crippen molar-refractivity contribution in [2.45, 2.75) is 4.90 Å². The fourth-order valence-corrected chi connectivity index (χ4v) is 4.71. The van der Waals surface area contributed by atoms with Crippen LogP contribution in [0.4, 0.5) is 4.79 Å². The number of hydrogen-bond donors (Lipinski definition) is 1. The van der Waals surface area contributed by atoms with E-state index in [1.54, 1.807) is 24.5 Å². The van der Waals surface area contributed by atoms with E-state index in [0.717, 1.165) is 37.9 Å². The molecule has 156 valence electrons. The number of nitrogens with zero attached hydrogens (tertiary/aromatic N) is 2. The average Bonchev–Trinajstić information content (AvgIpc) is 3.05. The SMILES string of the molecule is O=C(CSc1ccc2ccccc2c1)NCCN1C(=O)S/C(=C/c2cccnc2)C1=O. The lowest BCUT2D eigenvalue weighted by molar-refractivity contribution is -0.123. The molecule has 0 aliphatic carbocycles. The smallest absolute Gasteiger partial charge is 0.293 e. The molecule has 2 heterocycles. The number of amides is 3. The first-order chi connectivity index (χ1) is 15.1. The van der Waals surface area contributed by atoms with Gasteiger partial charge < -0.3 is 5.32 Å². The molecule has 0 saturated carbocycles. The molecule has 1 fully saturated rings. The quantitative estimate of drug-likeness (QED) is 0.431. The van der Waals surface area contributed by atoms with E-state index in [9.17, 15) is 14.4 Å². The summed E-state index contributed by atoms with van der Waals surface area (Å²) in [5, 5.41) is 4.73. The predicted molar refractivity (Wildman–Crippen MR) is 125 cm³/mol. The van der Waals surface area contributed by atoms with Gasteiger partial charge in [-0.05, 0) is 52.4 Å². The fourth-order valence-electron chi connectivity index (χ4n) is 3.07. The van der Waals surface area contributed by atoms with Crippen molar-refractivity contribution in [2.75, 3.05) is 18.8 Å². The standard InChI is InChI=1S/C23H19N3O3S2/c27-21(15-30-19-8-7-17-5-1-2-6-18(17)13-19)25-10-11-26-22(28)20(31-23(26)29)12-16-4-3-9-24-14-16/h1-9,12-14H,10-11,15H2,(H,25,27)/b20-12+. The van der Waals surface area contributed by atoms with E-state index in [4.69, 9.17) is 0 Å². The van der Waals surface area contributed by atoms with Gasteiger partial charge in [-0.3, -0.25) is 24.3 Å². The van der Waals surface area contributed by atoms with Crippen molar-refractivity contribution < 1.29 is 14.4 Å². The number of carbonyl (C=O) groups excluding carboxylic acids is 3. The Kier molecular flexibility index (Phi) is 6.69. The lowest BCUT2D eigenvalue weighted by atomic mass is 10.1. The van der Waals surface area contributed by atoms with Gasteiger partial charge in [-0.2, -0.15) is 0 Å². The molecule has 0 spiro atoms. The maximum absolute atomic E-state index is 12.5. The second kappa shape index (κ2) is 9.80. The highest BCUT2D eigenvalue weighted by Gasteiger charge is 2.34. The Labute approximate surface area is 188 Å². The summed E-state index contributed by atoms with van der Waals surface area (Å²) in [6, 6.07) is 17.7. The van der Waals surface area contributed by atoms with Crippen LogP contribution in [0.15, 0.2) is 76.8 Å². The van der Waals surface area contributed by atoms with E-state index in [2.05, 4.69) is 16.4 Å². The molecule has 1 aliphatic heterocycles. The fraction of sp³-hybridized carbons (Fsp3) is 0.130. The van der Waals surface area contributed by atoms with Gasteiger partial charge in [0, 0.05) is 30.4 Å². The van der Waals surface area contributed by atoms with Crippen LogP contribution in [0.3, 0.4) is 0 Å². The molecule has 3 aromatic rings. The summed E-state index contributed by atoms with van der Waals surface area (Å²) in [5.41, 5.74) is 0.756. The first-order valence-corrected chi connectivity index (χ1v) is 11.4. The van der Waals surface area contributed by atoms with Crippen LogP contribution < -0.4 is 5.32 Å². The number of nitrogens with one attached hydrogen (secondary N) is 1. The molecule has 0 radical (unpaired) electrons. The van der Waals surface area contributed by atoms with E-state index in [1.165, 1.54) is 11.8 Å². The number of hydrogen-bond acceptors (Lipinski definition) is 6. The minimum atomic E-state index is -0.348. The summed E-state index contributed by atoms with van der Waals surface area (Å²) in [6.07, 6.45) is 4.92. The van der Waals surface area contributed by atoms with Crippen LogP contribution in [0.1, 0.15) is 5.56 Å². The summed E-state index contributed by atoms with van der Waals surface area (Å²) in [7, 11) is 0. The second-order valence-electron chi connectivity index (χ2n) is 6.77. The van der Waals surface area contributed by atoms with Gasteiger partial charge in [-0.15, -0.1) is 11.8 Å². The molecular formula is C23H19N3O3S2. The monoisotopic (exact) mass is 449 g/mol. The van der Waals surface area contributed by atoms with Gasteiger partial charge in [0.25, 0.3) is 11.1 Å². The third-order valence-electron chi connectivity index (χ3n) is 4.60. The molecule has 0 bridgehead atoms. The van der Waals surface area contributed by atoms with Crippen molar-refractivity contribution in [3.63, 3.8) is 0 Å². The first kappa shape index (κ1) is 21.1. The van der Waals surface area contributed by atoms with E-state index < -0.39 is 0 Å². The Balaban J connectivity index is 1.25. The zero-order valence-corrected chi connectivity index (χ0v) is 18.1. The molecule has 4 rings (SSSR count). The minimum absolute atomic E-state index is 0.140. The first-order valence-electron chi connectivity index (χ1n) is 9.64. The maximum Gasteiger partial charge on any atom is 0.293 e. The van der Waals surface area contributed by atoms with Gasteiger partial charge in [-0.25, -0.2) is 0 Å². The highest BCUT2D eigenvalue weighted by atomic mass is 32.2. The van der Waals surface area contributed by atoms with Crippen molar-refractivity contribution in [3.8, 4) is 0 Å². The number of pyridine rings is 1. The zero-order chi connectivity index (χ0) is 21.6. The van der Waals surface area contributed by atoms with E-state index in [0.29, 0.717) is 4.91 Å². The molecule has 0 atom stereocenters. The lowest BCUT2D eigenvalue weighted by Gasteiger charge is -2.13. The third-order valence-corrected chi connectivity index (χ3v) is 6.51. The van der Waals surface area contributed by atoms with Crippen LogP contribution in [0.25, 0.3) is 16.8 Å². The molecule has 6 nitrogen and oxygen atoms in total. The Morgan fingerprint density at radius 1 is 1.10 bits per heavy atom. The topological polar surface area (TPSA) is 79.4 Å². The van der Waals surface area contributed by atoms with Crippen molar-refractivity contribution >= 4 is 57.4 Å². The van der Waals surface area contributed by atoms with Crippen molar-refractivity contribution in [1.29, 1.82) is 0 Å². The molecule has 1 saturated heterocycles. The zero-order valence-electron chi connectivity index (χ0n) is 16.5. The molecule has 1 aromatic heterocycles. The number of carbonyl (C=O) groups is 3. The van der Waals surface area contributed by atoms with Crippen molar-refractivity contribution in [3.05, 3.63) is 77.5 Å². The summed E-state index contributed by atoms with van der Waals surface area (Å²) in [6.45, 7) is 0.358. The Morgan fingerprint density at radius 2 is 1.94 bits per heavy atom. The molecule has 8 heteroatoms. The summed E-state index contributed by atoms with van der Waals surface area (Å²) >= 11 is 2.35. The normalized spacial score (nSPS) is 15.1. The number of aromatic nitrogens is 1.